The second-order valence-electron chi connectivity index (χ2n) is 3.66. The average molecular weight is 183 g/mol. The Morgan fingerprint density at radius 2 is 2.31 bits per heavy atom. The zero-order valence-electron chi connectivity index (χ0n) is 8.77. The first-order chi connectivity index (χ1) is 6.33. The van der Waals surface area contributed by atoms with Gasteiger partial charge in [0, 0.05) is 12.3 Å². The molecule has 2 N–H and O–H groups in total. The van der Waals surface area contributed by atoms with Gasteiger partial charge in [-0.25, -0.2) is 0 Å². The fourth-order valence-corrected chi connectivity index (χ4v) is 1.46. The summed E-state index contributed by atoms with van der Waals surface area (Å²) in [6.07, 6.45) is 5.43. The molecular formula is C10H21N3. The monoisotopic (exact) mass is 183 g/mol. The molecule has 3 nitrogen and oxygen atoms in total. The number of rotatable bonds is 6. The van der Waals surface area contributed by atoms with Crippen LogP contribution in [-0.2, 0) is 0 Å². The minimum absolute atomic E-state index is 0.182. The Morgan fingerprint density at radius 3 is 2.92 bits per heavy atom. The normalized spacial score (nSPS) is 22.0. The SMILES string of the molecule is CCCCCCNC1N=C(C)CN1. The van der Waals surface area contributed by atoms with Crippen molar-refractivity contribution in [3.05, 3.63) is 0 Å². The molecule has 0 amide bonds. The zero-order chi connectivity index (χ0) is 9.52. The molecule has 0 bridgehead atoms. The third-order valence-corrected chi connectivity index (χ3v) is 2.27. The average Bonchev–Trinajstić information content (AvgIpc) is 2.51. The largest absolute Gasteiger partial charge is 0.283 e. The fourth-order valence-electron chi connectivity index (χ4n) is 1.46. The molecule has 1 unspecified atom stereocenters. The lowest BCUT2D eigenvalue weighted by Crippen LogP contribution is -2.37. The van der Waals surface area contributed by atoms with E-state index in [-0.39, 0.29) is 6.29 Å². The highest BCUT2D eigenvalue weighted by Gasteiger charge is 2.10. The van der Waals surface area contributed by atoms with E-state index in [1.807, 2.05) is 0 Å². The van der Waals surface area contributed by atoms with Crippen LogP contribution < -0.4 is 10.6 Å². The van der Waals surface area contributed by atoms with Crippen molar-refractivity contribution in [2.45, 2.75) is 45.8 Å². The predicted octanol–water partition coefficient (Wildman–Crippen LogP) is 1.50. The molecule has 0 spiro atoms. The van der Waals surface area contributed by atoms with E-state index in [9.17, 15) is 0 Å². The van der Waals surface area contributed by atoms with Crippen LogP contribution in [-0.4, -0.2) is 25.1 Å². The third-order valence-electron chi connectivity index (χ3n) is 2.27. The lowest BCUT2D eigenvalue weighted by molar-refractivity contribution is 0.469. The maximum atomic E-state index is 4.40. The van der Waals surface area contributed by atoms with Crippen LogP contribution in [0.25, 0.3) is 0 Å². The minimum Gasteiger partial charge on any atom is -0.283 e. The topological polar surface area (TPSA) is 36.4 Å². The maximum Gasteiger partial charge on any atom is 0.153 e. The summed E-state index contributed by atoms with van der Waals surface area (Å²) in [4.78, 5) is 4.40. The van der Waals surface area contributed by atoms with E-state index in [1.54, 1.807) is 0 Å². The first-order valence-corrected chi connectivity index (χ1v) is 5.33. The highest BCUT2D eigenvalue weighted by atomic mass is 15.3. The van der Waals surface area contributed by atoms with E-state index in [4.69, 9.17) is 0 Å². The Hall–Kier alpha value is -0.410. The molecule has 0 saturated carbocycles. The summed E-state index contributed by atoms with van der Waals surface area (Å²) in [5.74, 6) is 0. The summed E-state index contributed by atoms with van der Waals surface area (Å²) in [6.45, 7) is 6.31. The molecule has 0 saturated heterocycles. The fraction of sp³-hybridized carbons (Fsp3) is 0.900. The van der Waals surface area contributed by atoms with E-state index < -0.39 is 0 Å². The van der Waals surface area contributed by atoms with Crippen molar-refractivity contribution in [2.24, 2.45) is 4.99 Å². The second kappa shape index (κ2) is 6.11. The van der Waals surface area contributed by atoms with Gasteiger partial charge >= 0.3 is 0 Å². The molecular weight excluding hydrogens is 162 g/mol. The van der Waals surface area contributed by atoms with Gasteiger partial charge in [0.1, 0.15) is 0 Å². The number of aliphatic imine (C=N–C) groups is 1. The smallest absolute Gasteiger partial charge is 0.153 e. The number of nitrogens with one attached hydrogen (secondary N) is 2. The van der Waals surface area contributed by atoms with Gasteiger partial charge in [0.2, 0.25) is 0 Å². The van der Waals surface area contributed by atoms with Gasteiger partial charge in [-0.05, 0) is 19.9 Å². The van der Waals surface area contributed by atoms with Crippen molar-refractivity contribution in [3.8, 4) is 0 Å². The Kier molecular flexibility index (Phi) is 5.01. The Morgan fingerprint density at radius 1 is 1.46 bits per heavy atom. The van der Waals surface area contributed by atoms with Crippen LogP contribution in [0.15, 0.2) is 4.99 Å². The van der Waals surface area contributed by atoms with Crippen molar-refractivity contribution in [3.63, 3.8) is 0 Å². The lowest BCUT2D eigenvalue weighted by Gasteiger charge is -2.09. The molecule has 0 aromatic rings. The molecule has 1 rings (SSSR count). The molecule has 0 fully saturated rings. The molecule has 1 heterocycles. The number of hydrogen-bond acceptors (Lipinski definition) is 3. The van der Waals surface area contributed by atoms with Gasteiger partial charge in [-0.2, -0.15) is 0 Å². The molecule has 1 aliphatic rings. The van der Waals surface area contributed by atoms with E-state index >= 15 is 0 Å². The van der Waals surface area contributed by atoms with Gasteiger partial charge in [-0.15, -0.1) is 0 Å². The van der Waals surface area contributed by atoms with E-state index in [0.29, 0.717) is 0 Å². The van der Waals surface area contributed by atoms with Crippen LogP contribution in [0.4, 0.5) is 0 Å². The molecule has 1 atom stereocenters. The summed E-state index contributed by atoms with van der Waals surface area (Å²) in [5.41, 5.74) is 1.20. The Bertz CT molecular complexity index is 166. The Balaban J connectivity index is 1.94. The maximum absolute atomic E-state index is 4.40. The minimum atomic E-state index is 0.182. The molecule has 0 aromatic carbocycles. The predicted molar refractivity (Wildman–Crippen MR) is 57.0 cm³/mol. The molecule has 3 heteroatoms. The van der Waals surface area contributed by atoms with Gasteiger partial charge in [0.15, 0.2) is 6.29 Å². The first kappa shape index (κ1) is 10.7. The van der Waals surface area contributed by atoms with Crippen LogP contribution >= 0.6 is 0 Å². The van der Waals surface area contributed by atoms with E-state index in [1.165, 1.54) is 31.4 Å². The van der Waals surface area contributed by atoms with E-state index in [2.05, 4.69) is 29.5 Å². The molecule has 76 valence electrons. The number of hydrogen-bond donors (Lipinski definition) is 2. The van der Waals surface area contributed by atoms with Gasteiger partial charge in [-0.1, -0.05) is 26.2 Å². The molecule has 0 radical (unpaired) electrons. The van der Waals surface area contributed by atoms with Gasteiger partial charge in [-0.3, -0.25) is 15.6 Å². The van der Waals surface area contributed by atoms with Crippen molar-refractivity contribution in [1.29, 1.82) is 0 Å². The second-order valence-corrected chi connectivity index (χ2v) is 3.66. The van der Waals surface area contributed by atoms with Crippen molar-refractivity contribution in [2.75, 3.05) is 13.1 Å². The van der Waals surface area contributed by atoms with Crippen LogP contribution in [0.2, 0.25) is 0 Å². The number of unbranched alkanes of at least 4 members (excludes halogenated alkanes) is 3. The summed E-state index contributed by atoms with van der Waals surface area (Å²) >= 11 is 0. The lowest BCUT2D eigenvalue weighted by atomic mass is 10.2. The molecule has 0 aliphatic carbocycles. The quantitative estimate of drug-likeness (QED) is 0.612. The summed E-state index contributed by atoms with van der Waals surface area (Å²) in [5, 5.41) is 6.65. The highest BCUT2D eigenvalue weighted by Crippen LogP contribution is 1.98. The van der Waals surface area contributed by atoms with Crippen molar-refractivity contribution < 1.29 is 0 Å². The number of nitrogens with zero attached hydrogens (tertiary/aromatic N) is 1. The first-order valence-electron chi connectivity index (χ1n) is 5.33. The molecule has 13 heavy (non-hydrogen) atoms. The van der Waals surface area contributed by atoms with Gasteiger partial charge in [0.25, 0.3) is 0 Å². The van der Waals surface area contributed by atoms with Crippen molar-refractivity contribution >= 4 is 5.71 Å². The van der Waals surface area contributed by atoms with Gasteiger partial charge < -0.3 is 0 Å². The molecule has 0 aromatic heterocycles. The van der Waals surface area contributed by atoms with E-state index in [0.717, 1.165) is 13.1 Å². The molecule has 1 aliphatic heterocycles. The highest BCUT2D eigenvalue weighted by molar-refractivity contribution is 5.85. The van der Waals surface area contributed by atoms with Crippen LogP contribution in [0.1, 0.15) is 39.5 Å². The summed E-state index contributed by atoms with van der Waals surface area (Å²) in [6, 6.07) is 0. The van der Waals surface area contributed by atoms with Gasteiger partial charge in [0.05, 0.1) is 0 Å². The zero-order valence-corrected chi connectivity index (χ0v) is 8.77. The van der Waals surface area contributed by atoms with Crippen LogP contribution in [0.5, 0.6) is 0 Å². The third kappa shape index (κ3) is 4.39. The summed E-state index contributed by atoms with van der Waals surface area (Å²) in [7, 11) is 0. The van der Waals surface area contributed by atoms with Crippen LogP contribution in [0, 0.1) is 0 Å². The van der Waals surface area contributed by atoms with Crippen molar-refractivity contribution in [1.82, 2.24) is 10.6 Å². The Labute approximate surface area is 81.0 Å². The summed E-state index contributed by atoms with van der Waals surface area (Å²) < 4.78 is 0. The standard InChI is InChI=1S/C10H21N3/c1-3-4-5-6-7-11-10-12-8-9(2)13-10/h10-12H,3-8H2,1-2H3. The van der Waals surface area contributed by atoms with Crippen LogP contribution in [0.3, 0.4) is 0 Å².